The molecular weight excluding hydrogens is 384 g/mol. The molecule has 2 heterocycles. The first kappa shape index (κ1) is 15.9. The number of imide groups is 1. The third-order valence-corrected chi connectivity index (χ3v) is 4.92. The first-order chi connectivity index (χ1) is 11.0. The molecule has 1 unspecified atom stereocenters. The molecule has 1 aliphatic heterocycles. The van der Waals surface area contributed by atoms with Crippen molar-refractivity contribution in [1.29, 1.82) is 0 Å². The van der Waals surface area contributed by atoms with Gasteiger partial charge >= 0.3 is 6.03 Å². The van der Waals surface area contributed by atoms with Crippen LogP contribution in [0.2, 0.25) is 0 Å². The quantitative estimate of drug-likeness (QED) is 0.742. The van der Waals surface area contributed by atoms with Crippen molar-refractivity contribution in [2.75, 3.05) is 18.6 Å². The Balaban J connectivity index is 1.86. The fourth-order valence-corrected chi connectivity index (χ4v) is 3.42. The number of carbonyl (C=O) groups is 2. The fourth-order valence-electron chi connectivity index (χ4n) is 2.33. The van der Waals surface area contributed by atoms with Crippen LogP contribution < -0.4 is 9.64 Å². The molecule has 1 fully saturated rings. The number of amides is 3. The Morgan fingerprint density at radius 3 is 2.78 bits per heavy atom. The number of ether oxygens (including phenoxy) is 1. The zero-order chi connectivity index (χ0) is 16.6. The largest absolute Gasteiger partial charge is 0.472 e. The van der Waals surface area contributed by atoms with Crippen molar-refractivity contribution < 1.29 is 14.3 Å². The average Bonchev–Trinajstić information content (AvgIpc) is 3.11. The summed E-state index contributed by atoms with van der Waals surface area (Å²) in [7, 11) is 1.46. The highest BCUT2D eigenvalue weighted by molar-refractivity contribution is 9.10. The second kappa shape index (κ2) is 6.25. The van der Waals surface area contributed by atoms with E-state index in [0.717, 1.165) is 26.3 Å². The summed E-state index contributed by atoms with van der Waals surface area (Å²) >= 11 is 4.47. The number of halogens is 1. The minimum atomic E-state index is -0.402. The van der Waals surface area contributed by atoms with Gasteiger partial charge in [0, 0.05) is 4.47 Å². The summed E-state index contributed by atoms with van der Waals surface area (Å²) in [6.45, 7) is 1.89. The third-order valence-electron chi connectivity index (χ3n) is 3.55. The predicted octanol–water partition coefficient (Wildman–Crippen LogP) is 2.84. The smallest absolute Gasteiger partial charge is 0.334 e. The molecule has 0 radical (unpaired) electrons. The van der Waals surface area contributed by atoms with E-state index in [-0.39, 0.29) is 23.6 Å². The van der Waals surface area contributed by atoms with Crippen molar-refractivity contribution in [3.8, 4) is 5.19 Å². The summed E-state index contributed by atoms with van der Waals surface area (Å²) in [5.74, 6) is -0.323. The van der Waals surface area contributed by atoms with E-state index in [0.29, 0.717) is 5.19 Å². The summed E-state index contributed by atoms with van der Waals surface area (Å²) < 4.78 is 5.88. The van der Waals surface area contributed by atoms with Gasteiger partial charge in [0.05, 0.1) is 13.2 Å². The molecule has 3 rings (SSSR count). The third kappa shape index (κ3) is 2.93. The van der Waals surface area contributed by atoms with Crippen LogP contribution in [0.3, 0.4) is 0 Å². The summed E-state index contributed by atoms with van der Waals surface area (Å²) in [6.07, 6.45) is 0. The molecule has 1 atom stereocenters. The van der Waals surface area contributed by atoms with Gasteiger partial charge in [0.15, 0.2) is 0 Å². The van der Waals surface area contributed by atoms with Crippen LogP contribution in [-0.2, 0) is 4.79 Å². The van der Waals surface area contributed by atoms with Crippen molar-refractivity contribution in [1.82, 2.24) is 15.1 Å². The van der Waals surface area contributed by atoms with Crippen LogP contribution in [0.25, 0.3) is 0 Å². The van der Waals surface area contributed by atoms with Crippen LogP contribution in [0.4, 0.5) is 9.93 Å². The number of carbonyl (C=O) groups excluding carboxylic acids is 2. The Bertz CT molecular complexity index is 766. The molecule has 0 aliphatic carbocycles. The van der Waals surface area contributed by atoms with Crippen LogP contribution in [0.15, 0.2) is 28.7 Å². The van der Waals surface area contributed by atoms with E-state index < -0.39 is 6.03 Å². The van der Waals surface area contributed by atoms with E-state index in [2.05, 4.69) is 26.1 Å². The van der Waals surface area contributed by atoms with Crippen molar-refractivity contribution in [2.24, 2.45) is 0 Å². The number of hydrogen-bond acceptors (Lipinski definition) is 6. The number of hydrogen-bond donors (Lipinski definition) is 0. The van der Waals surface area contributed by atoms with E-state index >= 15 is 0 Å². The minimum Gasteiger partial charge on any atom is -0.472 e. The fraction of sp³-hybridized carbons (Fsp3) is 0.286. The van der Waals surface area contributed by atoms with Crippen molar-refractivity contribution >= 4 is 44.3 Å². The molecule has 23 heavy (non-hydrogen) atoms. The minimum absolute atomic E-state index is 0.00834. The average molecular weight is 397 g/mol. The monoisotopic (exact) mass is 396 g/mol. The van der Waals surface area contributed by atoms with Gasteiger partial charge in [-0.05, 0) is 36.0 Å². The molecule has 0 saturated carbocycles. The van der Waals surface area contributed by atoms with Gasteiger partial charge < -0.3 is 9.64 Å². The SMILES string of the molecule is COc1nnc(N2C(=O)CN(C(C)c3cccc(Br)c3)C2=O)s1. The van der Waals surface area contributed by atoms with Gasteiger partial charge in [-0.2, -0.15) is 0 Å². The van der Waals surface area contributed by atoms with Crippen molar-refractivity contribution in [2.45, 2.75) is 13.0 Å². The number of anilines is 1. The zero-order valence-electron chi connectivity index (χ0n) is 12.4. The molecule has 1 aromatic carbocycles. The molecular formula is C14H13BrN4O3S. The maximum Gasteiger partial charge on any atom is 0.334 e. The molecule has 1 saturated heterocycles. The van der Waals surface area contributed by atoms with Gasteiger partial charge in [0.1, 0.15) is 6.54 Å². The van der Waals surface area contributed by atoms with E-state index in [1.54, 1.807) is 0 Å². The Labute approximate surface area is 145 Å². The molecule has 120 valence electrons. The molecule has 1 aromatic heterocycles. The molecule has 0 N–H and O–H groups in total. The number of methoxy groups -OCH3 is 1. The summed E-state index contributed by atoms with van der Waals surface area (Å²) in [5, 5.41) is 8.14. The van der Waals surface area contributed by atoms with Gasteiger partial charge in [-0.25, -0.2) is 9.69 Å². The lowest BCUT2D eigenvalue weighted by molar-refractivity contribution is -0.116. The second-order valence-corrected chi connectivity index (χ2v) is 6.76. The predicted molar refractivity (Wildman–Crippen MR) is 88.6 cm³/mol. The van der Waals surface area contributed by atoms with E-state index in [9.17, 15) is 9.59 Å². The first-order valence-electron chi connectivity index (χ1n) is 6.77. The lowest BCUT2D eigenvalue weighted by Gasteiger charge is -2.23. The topological polar surface area (TPSA) is 75.6 Å². The molecule has 1 aliphatic rings. The van der Waals surface area contributed by atoms with Crippen LogP contribution in [-0.4, -0.2) is 40.7 Å². The highest BCUT2D eigenvalue weighted by Gasteiger charge is 2.41. The molecule has 0 bridgehead atoms. The normalized spacial score (nSPS) is 16.1. The summed E-state index contributed by atoms with van der Waals surface area (Å²) in [4.78, 5) is 27.4. The summed E-state index contributed by atoms with van der Waals surface area (Å²) in [6, 6.07) is 7.02. The van der Waals surface area contributed by atoms with Crippen LogP contribution >= 0.6 is 27.3 Å². The Morgan fingerprint density at radius 1 is 1.35 bits per heavy atom. The highest BCUT2D eigenvalue weighted by atomic mass is 79.9. The molecule has 7 nitrogen and oxygen atoms in total. The van der Waals surface area contributed by atoms with Crippen molar-refractivity contribution in [3.63, 3.8) is 0 Å². The maximum atomic E-state index is 12.6. The second-order valence-electron chi connectivity index (χ2n) is 4.93. The van der Waals surface area contributed by atoms with Crippen LogP contribution in [0.1, 0.15) is 18.5 Å². The van der Waals surface area contributed by atoms with Gasteiger partial charge in [-0.3, -0.25) is 4.79 Å². The molecule has 9 heteroatoms. The van der Waals surface area contributed by atoms with Crippen LogP contribution in [0, 0.1) is 0 Å². The van der Waals surface area contributed by atoms with E-state index in [4.69, 9.17) is 4.74 Å². The number of aromatic nitrogens is 2. The highest BCUT2D eigenvalue weighted by Crippen LogP contribution is 2.32. The molecule has 3 amide bonds. The van der Waals surface area contributed by atoms with E-state index in [1.807, 2.05) is 31.2 Å². The Hall–Kier alpha value is -2.00. The van der Waals surface area contributed by atoms with Gasteiger partial charge in [-0.15, -0.1) is 5.10 Å². The standard InChI is InChI=1S/C14H13BrN4O3S/c1-8(9-4-3-5-10(15)6-9)18-7-11(20)19(14(18)21)12-16-17-13(22-2)23-12/h3-6,8H,7H2,1-2H3. The lowest BCUT2D eigenvalue weighted by Crippen LogP contribution is -2.34. The number of benzene rings is 1. The number of nitrogens with zero attached hydrogens (tertiary/aromatic N) is 4. The Kier molecular flexibility index (Phi) is 4.31. The first-order valence-corrected chi connectivity index (χ1v) is 8.38. The number of urea groups is 1. The van der Waals surface area contributed by atoms with Crippen molar-refractivity contribution in [3.05, 3.63) is 34.3 Å². The lowest BCUT2D eigenvalue weighted by atomic mass is 10.1. The maximum absolute atomic E-state index is 12.6. The van der Waals surface area contributed by atoms with Gasteiger partial charge in [-0.1, -0.05) is 33.2 Å². The van der Waals surface area contributed by atoms with Gasteiger partial charge in [0.2, 0.25) is 5.13 Å². The Morgan fingerprint density at radius 2 is 2.13 bits per heavy atom. The number of rotatable bonds is 4. The van der Waals surface area contributed by atoms with E-state index in [1.165, 1.54) is 12.0 Å². The van der Waals surface area contributed by atoms with Crippen LogP contribution in [0.5, 0.6) is 5.19 Å². The van der Waals surface area contributed by atoms with Gasteiger partial charge in [0.25, 0.3) is 11.1 Å². The molecule has 0 spiro atoms. The summed E-state index contributed by atoms with van der Waals surface area (Å²) in [5.41, 5.74) is 0.942. The zero-order valence-corrected chi connectivity index (χ0v) is 14.8. The molecule has 2 aromatic rings.